The van der Waals surface area contributed by atoms with Crippen LogP contribution in [0.5, 0.6) is 5.75 Å². The minimum absolute atomic E-state index is 0.0702. The topological polar surface area (TPSA) is 51.2 Å². The van der Waals surface area contributed by atoms with E-state index >= 15 is 0 Å². The van der Waals surface area contributed by atoms with Crippen LogP contribution >= 0.6 is 11.8 Å². The van der Waals surface area contributed by atoms with Crippen LogP contribution in [0.4, 0.5) is 5.69 Å². The summed E-state index contributed by atoms with van der Waals surface area (Å²) >= 11 is 1.47. The molecule has 0 atom stereocenters. The van der Waals surface area contributed by atoms with E-state index in [-0.39, 0.29) is 5.91 Å². The summed E-state index contributed by atoms with van der Waals surface area (Å²) in [5.41, 5.74) is 2.81. The molecule has 1 amide bonds. The lowest BCUT2D eigenvalue weighted by molar-refractivity contribution is -0.113. The molecule has 1 heterocycles. The maximum absolute atomic E-state index is 12.4. The highest BCUT2D eigenvalue weighted by Crippen LogP contribution is 2.27. The Morgan fingerprint density at radius 2 is 1.88 bits per heavy atom. The first kappa shape index (κ1) is 18.3. The van der Waals surface area contributed by atoms with Crippen molar-refractivity contribution in [2.75, 3.05) is 17.7 Å². The number of para-hydroxylation sites is 3. The number of thioether (sulfide) groups is 1. The number of nitrogens with zero attached hydrogens (tertiary/aromatic N) is 1. The number of nitrogens with one attached hydrogen (secondary N) is 1. The van der Waals surface area contributed by atoms with Crippen LogP contribution in [0, 0.1) is 0 Å². The van der Waals surface area contributed by atoms with Gasteiger partial charge in [-0.05, 0) is 43.2 Å². The van der Waals surface area contributed by atoms with Crippen molar-refractivity contribution in [1.29, 1.82) is 0 Å². The first-order valence-corrected chi connectivity index (χ1v) is 9.73. The molecule has 4 nitrogen and oxygen atoms in total. The van der Waals surface area contributed by atoms with Gasteiger partial charge in [-0.1, -0.05) is 49.0 Å². The van der Waals surface area contributed by atoms with E-state index in [0.29, 0.717) is 23.8 Å². The number of carbonyl (C=O) groups excluding carboxylic acids is 1. The van der Waals surface area contributed by atoms with Gasteiger partial charge in [0.1, 0.15) is 10.8 Å². The minimum Gasteiger partial charge on any atom is -0.492 e. The van der Waals surface area contributed by atoms with Gasteiger partial charge in [0.2, 0.25) is 5.91 Å². The molecule has 0 aliphatic rings. The monoisotopic (exact) mass is 366 g/mol. The highest BCUT2D eigenvalue weighted by Gasteiger charge is 2.11. The van der Waals surface area contributed by atoms with Crippen molar-refractivity contribution in [3.8, 4) is 5.75 Å². The Morgan fingerprint density at radius 1 is 1.12 bits per heavy atom. The van der Waals surface area contributed by atoms with Gasteiger partial charge in [-0.15, -0.1) is 0 Å². The molecule has 0 bridgehead atoms. The summed E-state index contributed by atoms with van der Waals surface area (Å²) < 4.78 is 5.55. The van der Waals surface area contributed by atoms with E-state index < -0.39 is 0 Å². The van der Waals surface area contributed by atoms with E-state index in [2.05, 4.69) is 24.4 Å². The second-order valence-corrected chi connectivity index (χ2v) is 6.73. The van der Waals surface area contributed by atoms with E-state index in [0.717, 1.165) is 27.9 Å². The number of amides is 1. The van der Waals surface area contributed by atoms with Crippen molar-refractivity contribution < 1.29 is 9.53 Å². The zero-order chi connectivity index (χ0) is 18.4. The molecule has 3 rings (SSSR count). The molecule has 1 aromatic heterocycles. The van der Waals surface area contributed by atoms with Crippen molar-refractivity contribution in [1.82, 2.24) is 4.98 Å². The third-order valence-electron chi connectivity index (χ3n) is 3.95. The lowest BCUT2D eigenvalue weighted by Crippen LogP contribution is -2.15. The van der Waals surface area contributed by atoms with Crippen LogP contribution in [0.2, 0.25) is 0 Å². The zero-order valence-corrected chi connectivity index (χ0v) is 15.8. The standard InChI is InChI=1S/C21H22N2O2S/c1-3-15-13-16-9-5-6-10-17(16)23-21(15)26-14-20(24)22-18-11-7-8-12-19(18)25-4-2/h5-13H,3-4,14H2,1-2H3,(H,22,24). The summed E-state index contributed by atoms with van der Waals surface area (Å²) in [6.45, 7) is 4.59. The fourth-order valence-electron chi connectivity index (χ4n) is 2.69. The van der Waals surface area contributed by atoms with Crippen LogP contribution in [-0.2, 0) is 11.2 Å². The van der Waals surface area contributed by atoms with E-state index in [1.165, 1.54) is 11.8 Å². The van der Waals surface area contributed by atoms with Gasteiger partial charge in [-0.3, -0.25) is 4.79 Å². The van der Waals surface area contributed by atoms with E-state index in [1.54, 1.807) is 0 Å². The van der Waals surface area contributed by atoms with Gasteiger partial charge >= 0.3 is 0 Å². The van der Waals surface area contributed by atoms with Crippen LogP contribution in [0.3, 0.4) is 0 Å². The van der Waals surface area contributed by atoms with Crippen molar-refractivity contribution in [2.45, 2.75) is 25.3 Å². The maximum atomic E-state index is 12.4. The number of fused-ring (bicyclic) bond motifs is 1. The largest absolute Gasteiger partial charge is 0.492 e. The first-order valence-electron chi connectivity index (χ1n) is 8.74. The quantitative estimate of drug-likeness (QED) is 0.603. The molecule has 0 saturated carbocycles. The molecule has 0 aliphatic heterocycles. The predicted octanol–water partition coefficient (Wildman–Crippen LogP) is 4.93. The number of hydrogen-bond acceptors (Lipinski definition) is 4. The summed E-state index contributed by atoms with van der Waals surface area (Å²) in [5, 5.41) is 4.97. The van der Waals surface area contributed by atoms with Gasteiger partial charge in [0.05, 0.1) is 23.6 Å². The molecule has 2 aromatic carbocycles. The van der Waals surface area contributed by atoms with Crippen LogP contribution < -0.4 is 10.1 Å². The summed E-state index contributed by atoms with van der Waals surface area (Å²) in [6, 6.07) is 17.7. The fraction of sp³-hybridized carbons (Fsp3) is 0.238. The zero-order valence-electron chi connectivity index (χ0n) is 15.0. The Balaban J connectivity index is 1.71. The minimum atomic E-state index is -0.0702. The lowest BCUT2D eigenvalue weighted by atomic mass is 10.1. The van der Waals surface area contributed by atoms with Gasteiger partial charge in [0, 0.05) is 5.39 Å². The van der Waals surface area contributed by atoms with Crippen molar-refractivity contribution in [2.24, 2.45) is 0 Å². The lowest BCUT2D eigenvalue weighted by Gasteiger charge is -2.12. The summed E-state index contributed by atoms with van der Waals surface area (Å²) in [4.78, 5) is 17.1. The second kappa shape index (κ2) is 8.72. The summed E-state index contributed by atoms with van der Waals surface area (Å²) in [6.07, 6.45) is 0.884. The molecule has 5 heteroatoms. The molecule has 0 spiro atoms. The number of anilines is 1. The number of ether oxygens (including phenoxy) is 1. The highest BCUT2D eigenvalue weighted by atomic mass is 32.2. The summed E-state index contributed by atoms with van der Waals surface area (Å²) in [7, 11) is 0. The Bertz CT molecular complexity index is 911. The summed E-state index contributed by atoms with van der Waals surface area (Å²) in [5.74, 6) is 0.921. The normalized spacial score (nSPS) is 10.7. The van der Waals surface area contributed by atoms with Crippen LogP contribution in [-0.4, -0.2) is 23.3 Å². The molecular weight excluding hydrogens is 344 g/mol. The maximum Gasteiger partial charge on any atom is 0.234 e. The van der Waals surface area contributed by atoms with E-state index in [4.69, 9.17) is 9.72 Å². The van der Waals surface area contributed by atoms with Crippen LogP contribution in [0.1, 0.15) is 19.4 Å². The Morgan fingerprint density at radius 3 is 2.69 bits per heavy atom. The highest BCUT2D eigenvalue weighted by molar-refractivity contribution is 8.00. The molecule has 0 unspecified atom stereocenters. The van der Waals surface area contributed by atoms with Gasteiger partial charge in [0.25, 0.3) is 0 Å². The number of aryl methyl sites for hydroxylation is 1. The average molecular weight is 366 g/mol. The molecule has 3 aromatic rings. The molecule has 0 saturated heterocycles. The first-order chi connectivity index (χ1) is 12.7. The number of benzene rings is 2. The Labute approximate surface area is 158 Å². The Hall–Kier alpha value is -2.53. The second-order valence-electron chi connectivity index (χ2n) is 5.76. The number of hydrogen-bond donors (Lipinski definition) is 1. The van der Waals surface area contributed by atoms with Gasteiger partial charge < -0.3 is 10.1 Å². The van der Waals surface area contributed by atoms with Crippen LogP contribution in [0.15, 0.2) is 59.6 Å². The van der Waals surface area contributed by atoms with Gasteiger partial charge in [0.15, 0.2) is 0 Å². The molecule has 0 aliphatic carbocycles. The molecule has 1 N–H and O–H groups in total. The fourth-order valence-corrected chi connectivity index (χ4v) is 3.58. The van der Waals surface area contributed by atoms with E-state index in [9.17, 15) is 4.79 Å². The third kappa shape index (κ3) is 4.35. The molecule has 0 radical (unpaired) electrons. The molecule has 26 heavy (non-hydrogen) atoms. The number of aromatic nitrogens is 1. The van der Waals surface area contributed by atoms with E-state index in [1.807, 2.05) is 49.4 Å². The van der Waals surface area contributed by atoms with Gasteiger partial charge in [-0.2, -0.15) is 0 Å². The number of rotatable bonds is 7. The van der Waals surface area contributed by atoms with Crippen LogP contribution in [0.25, 0.3) is 10.9 Å². The molecule has 0 fully saturated rings. The number of carbonyl (C=O) groups is 1. The smallest absolute Gasteiger partial charge is 0.234 e. The SMILES string of the molecule is CCOc1ccccc1NC(=O)CSc1nc2ccccc2cc1CC. The predicted molar refractivity (Wildman–Crippen MR) is 108 cm³/mol. The van der Waals surface area contributed by atoms with Crippen molar-refractivity contribution >= 4 is 34.3 Å². The number of pyridine rings is 1. The molecular formula is C21H22N2O2S. The Kier molecular flexibility index (Phi) is 6.12. The molecule has 134 valence electrons. The van der Waals surface area contributed by atoms with Crippen molar-refractivity contribution in [3.63, 3.8) is 0 Å². The third-order valence-corrected chi connectivity index (χ3v) is 4.98. The van der Waals surface area contributed by atoms with Crippen molar-refractivity contribution in [3.05, 3.63) is 60.2 Å². The van der Waals surface area contributed by atoms with Gasteiger partial charge in [-0.25, -0.2) is 4.98 Å². The average Bonchev–Trinajstić information content (AvgIpc) is 2.67.